The molecule has 0 saturated heterocycles. The van der Waals surface area contributed by atoms with E-state index in [9.17, 15) is 0 Å². The normalized spacial score (nSPS) is 11.7. The van der Waals surface area contributed by atoms with Crippen LogP contribution in [0.3, 0.4) is 0 Å². The first-order chi connectivity index (χ1) is 6.68. The summed E-state index contributed by atoms with van der Waals surface area (Å²) in [6.07, 6.45) is 4.32. The second-order valence-corrected chi connectivity index (χ2v) is 5.48. The molecule has 1 heterocycles. The summed E-state index contributed by atoms with van der Waals surface area (Å²) < 4.78 is 1.16. The predicted molar refractivity (Wildman–Crippen MR) is 68.8 cm³/mol. The van der Waals surface area contributed by atoms with Crippen molar-refractivity contribution in [3.05, 3.63) is 26.9 Å². The third-order valence-electron chi connectivity index (χ3n) is 1.68. The van der Waals surface area contributed by atoms with Gasteiger partial charge in [0.25, 0.3) is 0 Å². The van der Waals surface area contributed by atoms with Gasteiger partial charge in [0.05, 0.1) is 0 Å². The minimum Gasteiger partial charge on any atom is -0.313 e. The molecule has 14 heavy (non-hydrogen) atoms. The lowest BCUT2D eigenvalue weighted by molar-refractivity contribution is 0.577. The van der Waals surface area contributed by atoms with Crippen LogP contribution < -0.4 is 5.32 Å². The van der Waals surface area contributed by atoms with Crippen LogP contribution in [0.1, 0.15) is 18.7 Å². The molecule has 1 nitrogen and oxygen atoms in total. The molecule has 78 valence electrons. The van der Waals surface area contributed by atoms with Crippen LogP contribution in [-0.4, -0.2) is 13.1 Å². The molecule has 0 aliphatic rings. The fourth-order valence-electron chi connectivity index (χ4n) is 1.05. The maximum Gasteiger partial charge on any atom is 0.0288 e. The molecule has 0 aromatic carbocycles. The zero-order valence-corrected chi connectivity index (χ0v) is 11.0. The van der Waals surface area contributed by atoms with Gasteiger partial charge in [0.1, 0.15) is 0 Å². The third kappa shape index (κ3) is 4.94. The minimum absolute atomic E-state index is 0.722. The highest BCUT2D eigenvalue weighted by molar-refractivity contribution is 9.10. The van der Waals surface area contributed by atoms with Gasteiger partial charge in [-0.05, 0) is 40.5 Å². The molecule has 0 radical (unpaired) electrons. The number of hydrogen-bond acceptors (Lipinski definition) is 2. The van der Waals surface area contributed by atoms with Crippen LogP contribution in [0, 0.1) is 5.92 Å². The van der Waals surface area contributed by atoms with Crippen molar-refractivity contribution in [3.8, 4) is 0 Å². The van der Waals surface area contributed by atoms with Crippen molar-refractivity contribution in [3.63, 3.8) is 0 Å². The van der Waals surface area contributed by atoms with Gasteiger partial charge in [0.15, 0.2) is 0 Å². The van der Waals surface area contributed by atoms with E-state index in [1.54, 1.807) is 11.3 Å². The van der Waals surface area contributed by atoms with E-state index in [0.717, 1.165) is 23.5 Å². The molecule has 0 amide bonds. The van der Waals surface area contributed by atoms with E-state index in [-0.39, 0.29) is 0 Å². The summed E-state index contributed by atoms with van der Waals surface area (Å²) in [7, 11) is 0. The monoisotopic (exact) mass is 273 g/mol. The van der Waals surface area contributed by atoms with Crippen molar-refractivity contribution < 1.29 is 0 Å². The molecule has 0 atom stereocenters. The first kappa shape index (κ1) is 12.0. The summed E-state index contributed by atoms with van der Waals surface area (Å²) in [6.45, 7) is 6.46. The fraction of sp³-hybridized carbons (Fsp3) is 0.455. The Kier molecular flexibility index (Phi) is 5.45. The first-order valence-electron chi connectivity index (χ1n) is 4.80. The number of rotatable bonds is 5. The maximum atomic E-state index is 3.43. The lowest BCUT2D eigenvalue weighted by Crippen LogP contribution is -2.19. The highest BCUT2D eigenvalue weighted by Crippen LogP contribution is 2.20. The summed E-state index contributed by atoms with van der Waals surface area (Å²) in [6, 6.07) is 2.13. The molecule has 1 aromatic heterocycles. The molecule has 1 aromatic rings. The number of halogens is 1. The number of hydrogen-bond donors (Lipinski definition) is 1. The smallest absolute Gasteiger partial charge is 0.0288 e. The SMILES string of the molecule is CC(C)CNCC=Cc1cc(Br)cs1. The quantitative estimate of drug-likeness (QED) is 0.806. The Morgan fingerprint density at radius 3 is 2.93 bits per heavy atom. The lowest BCUT2D eigenvalue weighted by atomic mass is 10.2. The number of nitrogens with one attached hydrogen (secondary N) is 1. The molecule has 0 unspecified atom stereocenters. The van der Waals surface area contributed by atoms with Crippen LogP contribution in [0.4, 0.5) is 0 Å². The summed E-state index contributed by atoms with van der Waals surface area (Å²) >= 11 is 5.19. The van der Waals surface area contributed by atoms with Crippen LogP contribution >= 0.6 is 27.3 Å². The summed E-state index contributed by atoms with van der Waals surface area (Å²) in [5.74, 6) is 0.722. The first-order valence-corrected chi connectivity index (χ1v) is 6.47. The van der Waals surface area contributed by atoms with Gasteiger partial charge in [-0.25, -0.2) is 0 Å². The van der Waals surface area contributed by atoms with Crippen molar-refractivity contribution in [1.29, 1.82) is 0 Å². The Morgan fingerprint density at radius 1 is 1.57 bits per heavy atom. The van der Waals surface area contributed by atoms with Crippen LogP contribution in [0.2, 0.25) is 0 Å². The van der Waals surface area contributed by atoms with E-state index in [1.165, 1.54) is 4.88 Å². The molecule has 0 bridgehead atoms. The molecule has 1 N–H and O–H groups in total. The summed E-state index contributed by atoms with van der Waals surface area (Å²) in [4.78, 5) is 1.29. The molecule has 0 saturated carbocycles. The van der Waals surface area contributed by atoms with Gasteiger partial charge >= 0.3 is 0 Å². The molecular formula is C11H16BrNS. The van der Waals surface area contributed by atoms with Crippen LogP contribution in [-0.2, 0) is 0 Å². The Balaban J connectivity index is 2.21. The van der Waals surface area contributed by atoms with E-state index in [0.29, 0.717) is 0 Å². The van der Waals surface area contributed by atoms with Gasteiger partial charge in [-0.1, -0.05) is 19.9 Å². The molecule has 0 aliphatic carbocycles. The van der Waals surface area contributed by atoms with E-state index in [1.807, 2.05) is 0 Å². The average molecular weight is 274 g/mol. The largest absolute Gasteiger partial charge is 0.313 e. The molecule has 0 fully saturated rings. The predicted octanol–water partition coefficient (Wildman–Crippen LogP) is 3.77. The Hall–Kier alpha value is -0.120. The zero-order chi connectivity index (χ0) is 10.4. The van der Waals surface area contributed by atoms with Crippen molar-refractivity contribution >= 4 is 33.3 Å². The number of thiophene rings is 1. The van der Waals surface area contributed by atoms with Gasteiger partial charge in [0.2, 0.25) is 0 Å². The molecule has 1 rings (SSSR count). The summed E-state index contributed by atoms with van der Waals surface area (Å²) in [5.41, 5.74) is 0. The third-order valence-corrected chi connectivity index (χ3v) is 3.34. The van der Waals surface area contributed by atoms with E-state index < -0.39 is 0 Å². The second kappa shape index (κ2) is 6.38. The Morgan fingerprint density at radius 2 is 2.36 bits per heavy atom. The zero-order valence-electron chi connectivity index (χ0n) is 8.59. The average Bonchev–Trinajstić information content (AvgIpc) is 2.50. The van der Waals surface area contributed by atoms with Gasteiger partial charge in [-0.2, -0.15) is 0 Å². The van der Waals surface area contributed by atoms with Crippen LogP contribution in [0.15, 0.2) is 22.0 Å². The van der Waals surface area contributed by atoms with E-state index in [4.69, 9.17) is 0 Å². The Labute approximate surface area is 98.4 Å². The van der Waals surface area contributed by atoms with Crippen molar-refractivity contribution in [2.45, 2.75) is 13.8 Å². The molecule has 0 aliphatic heterocycles. The highest BCUT2D eigenvalue weighted by atomic mass is 79.9. The molecule has 0 spiro atoms. The standard InChI is InChI=1S/C11H16BrNS/c1-9(2)7-13-5-3-4-11-6-10(12)8-14-11/h3-4,6,8-9,13H,5,7H2,1-2H3. The van der Waals surface area contributed by atoms with Crippen molar-refractivity contribution in [1.82, 2.24) is 5.32 Å². The van der Waals surface area contributed by atoms with Crippen LogP contribution in [0.5, 0.6) is 0 Å². The van der Waals surface area contributed by atoms with Crippen LogP contribution in [0.25, 0.3) is 6.08 Å². The topological polar surface area (TPSA) is 12.0 Å². The van der Waals surface area contributed by atoms with E-state index in [2.05, 4.69) is 58.7 Å². The van der Waals surface area contributed by atoms with Crippen molar-refractivity contribution in [2.75, 3.05) is 13.1 Å². The second-order valence-electron chi connectivity index (χ2n) is 3.62. The van der Waals surface area contributed by atoms with E-state index >= 15 is 0 Å². The fourth-order valence-corrected chi connectivity index (χ4v) is 2.41. The molecular weight excluding hydrogens is 258 g/mol. The van der Waals surface area contributed by atoms with Gasteiger partial charge < -0.3 is 5.32 Å². The van der Waals surface area contributed by atoms with Gasteiger partial charge in [-0.3, -0.25) is 0 Å². The lowest BCUT2D eigenvalue weighted by Gasteiger charge is -2.03. The van der Waals surface area contributed by atoms with Gasteiger partial charge in [0, 0.05) is 21.3 Å². The highest BCUT2D eigenvalue weighted by Gasteiger charge is 1.92. The summed E-state index contributed by atoms with van der Waals surface area (Å²) in [5, 5.41) is 5.47. The Bertz CT molecular complexity index is 291. The maximum absolute atomic E-state index is 3.43. The van der Waals surface area contributed by atoms with Gasteiger partial charge in [-0.15, -0.1) is 11.3 Å². The van der Waals surface area contributed by atoms with Crippen molar-refractivity contribution in [2.24, 2.45) is 5.92 Å². The minimum atomic E-state index is 0.722. The molecule has 3 heteroatoms.